The van der Waals surface area contributed by atoms with Gasteiger partial charge in [-0.1, -0.05) is 41.9 Å². The minimum Gasteiger partial charge on any atom is -0.481 e. The Morgan fingerprint density at radius 2 is 1.92 bits per heavy atom. The standard InChI is InChI=1S/C19H17ClN2O2/c1-13(14-7-9-16(20)10-8-14)22-18(23)12-24-17-6-2-4-15-5-3-11-21-19(15)17/h2-11,13H,12H2,1H3,(H,22,23)/t13-/m0/s1. The summed E-state index contributed by atoms with van der Waals surface area (Å²) in [5, 5.41) is 4.55. The number of hydrogen-bond acceptors (Lipinski definition) is 3. The highest BCUT2D eigenvalue weighted by Gasteiger charge is 2.11. The molecule has 3 aromatic rings. The van der Waals surface area contributed by atoms with Gasteiger partial charge in [0.15, 0.2) is 6.61 Å². The Kier molecular flexibility index (Phi) is 4.96. The first-order valence-electron chi connectivity index (χ1n) is 7.65. The molecule has 1 heterocycles. The maximum atomic E-state index is 12.1. The number of rotatable bonds is 5. The summed E-state index contributed by atoms with van der Waals surface area (Å²) in [6.07, 6.45) is 1.71. The van der Waals surface area contributed by atoms with Crippen molar-refractivity contribution in [3.8, 4) is 5.75 Å². The summed E-state index contributed by atoms with van der Waals surface area (Å²) < 4.78 is 5.64. The molecule has 1 atom stereocenters. The molecule has 4 nitrogen and oxygen atoms in total. The van der Waals surface area contributed by atoms with Crippen molar-refractivity contribution in [2.45, 2.75) is 13.0 Å². The van der Waals surface area contributed by atoms with Crippen molar-refractivity contribution in [2.75, 3.05) is 6.61 Å². The van der Waals surface area contributed by atoms with Crippen LogP contribution < -0.4 is 10.1 Å². The van der Waals surface area contributed by atoms with Crippen LogP contribution in [0.3, 0.4) is 0 Å². The number of halogens is 1. The molecule has 122 valence electrons. The number of pyridine rings is 1. The van der Waals surface area contributed by atoms with Gasteiger partial charge in [0.2, 0.25) is 0 Å². The van der Waals surface area contributed by atoms with Crippen LogP contribution in [-0.4, -0.2) is 17.5 Å². The maximum absolute atomic E-state index is 12.1. The molecule has 0 aliphatic carbocycles. The third-order valence-electron chi connectivity index (χ3n) is 3.70. The van der Waals surface area contributed by atoms with Crippen LogP contribution in [0.1, 0.15) is 18.5 Å². The van der Waals surface area contributed by atoms with Gasteiger partial charge in [0.25, 0.3) is 5.91 Å². The monoisotopic (exact) mass is 340 g/mol. The van der Waals surface area contributed by atoms with E-state index in [1.54, 1.807) is 18.3 Å². The van der Waals surface area contributed by atoms with Gasteiger partial charge in [0.05, 0.1) is 6.04 Å². The second kappa shape index (κ2) is 7.32. The Morgan fingerprint density at radius 3 is 2.71 bits per heavy atom. The molecular weight excluding hydrogens is 324 g/mol. The van der Waals surface area contributed by atoms with Gasteiger partial charge >= 0.3 is 0 Å². The molecule has 24 heavy (non-hydrogen) atoms. The average molecular weight is 341 g/mol. The minimum absolute atomic E-state index is 0.0619. The summed E-state index contributed by atoms with van der Waals surface area (Å²) >= 11 is 5.87. The highest BCUT2D eigenvalue weighted by molar-refractivity contribution is 6.30. The van der Waals surface area contributed by atoms with Crippen LogP contribution in [0.15, 0.2) is 60.8 Å². The molecule has 3 rings (SSSR count). The highest BCUT2D eigenvalue weighted by Crippen LogP contribution is 2.23. The number of carbonyl (C=O) groups is 1. The van der Waals surface area contributed by atoms with E-state index in [-0.39, 0.29) is 18.6 Å². The van der Waals surface area contributed by atoms with Gasteiger partial charge in [-0.05, 0) is 36.8 Å². The molecule has 0 spiro atoms. The fourth-order valence-corrected chi connectivity index (χ4v) is 2.58. The van der Waals surface area contributed by atoms with E-state index >= 15 is 0 Å². The fraction of sp³-hybridized carbons (Fsp3) is 0.158. The zero-order valence-electron chi connectivity index (χ0n) is 13.2. The molecule has 0 aliphatic rings. The Bertz CT molecular complexity index is 844. The van der Waals surface area contributed by atoms with Gasteiger partial charge in [-0.2, -0.15) is 0 Å². The second-order valence-electron chi connectivity index (χ2n) is 5.46. The lowest BCUT2D eigenvalue weighted by atomic mass is 10.1. The van der Waals surface area contributed by atoms with Crippen molar-refractivity contribution in [2.24, 2.45) is 0 Å². The van der Waals surface area contributed by atoms with Crippen molar-refractivity contribution < 1.29 is 9.53 Å². The minimum atomic E-state index is -0.189. The predicted molar refractivity (Wildman–Crippen MR) is 95.2 cm³/mol. The topological polar surface area (TPSA) is 51.2 Å². The van der Waals surface area contributed by atoms with Gasteiger partial charge in [-0.3, -0.25) is 9.78 Å². The number of para-hydroxylation sites is 1. The molecule has 0 unspecified atom stereocenters. The number of ether oxygens (including phenoxy) is 1. The maximum Gasteiger partial charge on any atom is 0.258 e. The van der Waals surface area contributed by atoms with E-state index in [2.05, 4.69) is 10.3 Å². The molecule has 1 amide bonds. The first-order valence-corrected chi connectivity index (χ1v) is 8.02. The van der Waals surface area contributed by atoms with Crippen LogP contribution in [0.2, 0.25) is 5.02 Å². The quantitative estimate of drug-likeness (QED) is 0.759. The molecule has 0 radical (unpaired) electrons. The number of benzene rings is 2. The number of aromatic nitrogens is 1. The van der Waals surface area contributed by atoms with Gasteiger partial charge in [-0.25, -0.2) is 0 Å². The largest absolute Gasteiger partial charge is 0.481 e. The zero-order chi connectivity index (χ0) is 16.9. The van der Waals surface area contributed by atoms with Gasteiger partial charge < -0.3 is 10.1 Å². The Hall–Kier alpha value is -2.59. The third-order valence-corrected chi connectivity index (χ3v) is 3.95. The summed E-state index contributed by atoms with van der Waals surface area (Å²) in [5.41, 5.74) is 1.73. The van der Waals surface area contributed by atoms with Gasteiger partial charge in [-0.15, -0.1) is 0 Å². The lowest BCUT2D eigenvalue weighted by Crippen LogP contribution is -2.31. The highest BCUT2D eigenvalue weighted by atomic mass is 35.5. The van der Waals surface area contributed by atoms with E-state index in [0.29, 0.717) is 10.8 Å². The number of nitrogens with one attached hydrogen (secondary N) is 1. The van der Waals surface area contributed by atoms with E-state index in [9.17, 15) is 4.79 Å². The van der Waals surface area contributed by atoms with Crippen molar-refractivity contribution in [3.05, 3.63) is 71.4 Å². The molecule has 0 bridgehead atoms. The molecule has 0 saturated heterocycles. The summed E-state index contributed by atoms with van der Waals surface area (Å²) in [6, 6.07) is 16.7. The van der Waals surface area contributed by atoms with Crippen LogP contribution in [0.5, 0.6) is 5.75 Å². The van der Waals surface area contributed by atoms with E-state index < -0.39 is 0 Å². The van der Waals surface area contributed by atoms with Gasteiger partial charge in [0.1, 0.15) is 11.3 Å². The van der Waals surface area contributed by atoms with E-state index in [0.717, 1.165) is 16.5 Å². The molecule has 1 N–H and O–H groups in total. The summed E-state index contributed by atoms with van der Waals surface area (Å²) in [6.45, 7) is 1.86. The smallest absolute Gasteiger partial charge is 0.258 e. The number of amides is 1. The normalized spacial score (nSPS) is 11.9. The molecule has 0 fully saturated rings. The summed E-state index contributed by atoms with van der Waals surface area (Å²) in [5.74, 6) is 0.410. The molecule has 2 aromatic carbocycles. The average Bonchev–Trinajstić information content (AvgIpc) is 2.60. The summed E-state index contributed by atoms with van der Waals surface area (Å²) in [7, 11) is 0. The zero-order valence-corrected chi connectivity index (χ0v) is 14.0. The lowest BCUT2D eigenvalue weighted by molar-refractivity contribution is -0.123. The molecule has 0 aliphatic heterocycles. The van der Waals surface area contributed by atoms with Gasteiger partial charge in [0, 0.05) is 16.6 Å². The first kappa shape index (κ1) is 16.3. The van der Waals surface area contributed by atoms with E-state index in [4.69, 9.17) is 16.3 Å². The lowest BCUT2D eigenvalue weighted by Gasteiger charge is -2.15. The van der Waals surface area contributed by atoms with Crippen molar-refractivity contribution in [1.29, 1.82) is 0 Å². The third kappa shape index (κ3) is 3.84. The fourth-order valence-electron chi connectivity index (χ4n) is 2.45. The van der Waals surface area contributed by atoms with Crippen molar-refractivity contribution >= 4 is 28.4 Å². The predicted octanol–water partition coefficient (Wildman–Crippen LogP) is 4.14. The Balaban J connectivity index is 1.62. The van der Waals surface area contributed by atoms with Crippen molar-refractivity contribution in [3.63, 3.8) is 0 Å². The number of fused-ring (bicyclic) bond motifs is 1. The van der Waals surface area contributed by atoms with Crippen LogP contribution in [0.25, 0.3) is 10.9 Å². The Labute approximate surface area is 145 Å². The Morgan fingerprint density at radius 1 is 1.17 bits per heavy atom. The van der Waals surface area contributed by atoms with E-state index in [1.807, 2.05) is 49.4 Å². The second-order valence-corrected chi connectivity index (χ2v) is 5.90. The SMILES string of the molecule is C[C@H](NC(=O)COc1cccc2cccnc12)c1ccc(Cl)cc1. The number of nitrogens with zero attached hydrogens (tertiary/aromatic N) is 1. The van der Waals surface area contributed by atoms with E-state index in [1.165, 1.54) is 0 Å². The van der Waals surface area contributed by atoms with Crippen LogP contribution >= 0.6 is 11.6 Å². The molecule has 5 heteroatoms. The molecule has 1 aromatic heterocycles. The summed E-state index contributed by atoms with van der Waals surface area (Å²) in [4.78, 5) is 16.4. The van der Waals surface area contributed by atoms with Crippen LogP contribution in [0.4, 0.5) is 0 Å². The molecule has 0 saturated carbocycles. The number of hydrogen-bond donors (Lipinski definition) is 1. The molecular formula is C19H17ClN2O2. The van der Waals surface area contributed by atoms with Crippen LogP contribution in [0, 0.1) is 0 Å². The first-order chi connectivity index (χ1) is 11.6. The van der Waals surface area contributed by atoms with Crippen molar-refractivity contribution in [1.82, 2.24) is 10.3 Å². The van der Waals surface area contributed by atoms with Crippen LogP contribution in [-0.2, 0) is 4.79 Å². The number of carbonyl (C=O) groups excluding carboxylic acids is 1.